The van der Waals surface area contributed by atoms with Gasteiger partial charge in [0.15, 0.2) is 0 Å². The number of aromatic nitrogens is 2. The Morgan fingerprint density at radius 2 is 1.89 bits per heavy atom. The SMILES string of the molecule is CC(C)(C)[C@H](O)Cn1cnc(Cc2ccccc2)c1. The fraction of sp³-hybridized carbons (Fsp3) is 0.438. The van der Waals surface area contributed by atoms with Crippen LogP contribution in [0.2, 0.25) is 0 Å². The van der Waals surface area contributed by atoms with Crippen molar-refractivity contribution >= 4 is 0 Å². The van der Waals surface area contributed by atoms with Crippen LogP contribution in [-0.4, -0.2) is 20.8 Å². The zero-order chi connectivity index (χ0) is 13.9. The van der Waals surface area contributed by atoms with Gasteiger partial charge in [-0.2, -0.15) is 0 Å². The molecule has 0 bridgehead atoms. The summed E-state index contributed by atoms with van der Waals surface area (Å²) in [5.41, 5.74) is 2.18. The van der Waals surface area contributed by atoms with Crippen molar-refractivity contribution in [1.82, 2.24) is 9.55 Å². The summed E-state index contributed by atoms with van der Waals surface area (Å²) in [5, 5.41) is 10.1. The van der Waals surface area contributed by atoms with E-state index in [4.69, 9.17) is 0 Å². The van der Waals surface area contributed by atoms with Crippen LogP contribution < -0.4 is 0 Å². The van der Waals surface area contributed by atoms with Crippen molar-refractivity contribution < 1.29 is 5.11 Å². The van der Waals surface area contributed by atoms with Gasteiger partial charge in [0.1, 0.15) is 0 Å². The predicted molar refractivity (Wildman–Crippen MR) is 76.9 cm³/mol. The lowest BCUT2D eigenvalue weighted by Crippen LogP contribution is -2.30. The van der Waals surface area contributed by atoms with E-state index in [1.54, 1.807) is 6.33 Å². The highest BCUT2D eigenvalue weighted by Gasteiger charge is 2.22. The minimum Gasteiger partial charge on any atom is -0.391 e. The Morgan fingerprint density at radius 1 is 1.21 bits per heavy atom. The molecule has 0 saturated heterocycles. The number of rotatable bonds is 4. The zero-order valence-corrected chi connectivity index (χ0v) is 11.9. The second-order valence-electron chi connectivity index (χ2n) is 6.11. The highest BCUT2D eigenvalue weighted by molar-refractivity contribution is 5.20. The van der Waals surface area contributed by atoms with Crippen LogP contribution in [-0.2, 0) is 13.0 Å². The van der Waals surface area contributed by atoms with E-state index in [0.717, 1.165) is 12.1 Å². The van der Waals surface area contributed by atoms with Crippen LogP contribution in [0, 0.1) is 5.41 Å². The first-order valence-electron chi connectivity index (χ1n) is 6.68. The first-order chi connectivity index (χ1) is 8.95. The Balaban J connectivity index is 2.00. The Morgan fingerprint density at radius 3 is 2.53 bits per heavy atom. The number of imidazole rings is 1. The Kier molecular flexibility index (Phi) is 4.05. The molecule has 0 spiro atoms. The molecule has 19 heavy (non-hydrogen) atoms. The molecule has 1 N–H and O–H groups in total. The van der Waals surface area contributed by atoms with E-state index in [1.807, 2.05) is 49.7 Å². The van der Waals surface area contributed by atoms with E-state index in [0.29, 0.717) is 6.54 Å². The topological polar surface area (TPSA) is 38.0 Å². The third kappa shape index (κ3) is 3.93. The average molecular weight is 258 g/mol. The van der Waals surface area contributed by atoms with Crippen molar-refractivity contribution in [1.29, 1.82) is 0 Å². The van der Waals surface area contributed by atoms with Gasteiger partial charge in [0.2, 0.25) is 0 Å². The van der Waals surface area contributed by atoms with E-state index < -0.39 is 0 Å². The third-order valence-electron chi connectivity index (χ3n) is 3.30. The number of benzene rings is 1. The molecular weight excluding hydrogens is 236 g/mol. The van der Waals surface area contributed by atoms with Gasteiger partial charge in [-0.15, -0.1) is 0 Å². The molecule has 2 rings (SSSR count). The van der Waals surface area contributed by atoms with Crippen molar-refractivity contribution in [3.8, 4) is 0 Å². The minimum atomic E-state index is -0.369. The standard InChI is InChI=1S/C16H22N2O/c1-16(2,3)15(19)11-18-10-14(17-12-18)9-13-7-5-4-6-8-13/h4-8,10,12,15,19H,9,11H2,1-3H3/t15-/m1/s1. The number of nitrogens with zero attached hydrogens (tertiary/aromatic N) is 2. The first kappa shape index (κ1) is 13.8. The van der Waals surface area contributed by atoms with Gasteiger partial charge in [-0.25, -0.2) is 4.98 Å². The van der Waals surface area contributed by atoms with Crippen molar-refractivity contribution in [3.63, 3.8) is 0 Å². The van der Waals surface area contributed by atoms with Gasteiger partial charge in [-0.3, -0.25) is 0 Å². The fourth-order valence-electron chi connectivity index (χ4n) is 1.88. The summed E-state index contributed by atoms with van der Waals surface area (Å²) >= 11 is 0. The Labute approximate surface area is 114 Å². The molecule has 1 aromatic carbocycles. The molecule has 3 nitrogen and oxygen atoms in total. The maximum Gasteiger partial charge on any atom is 0.0950 e. The van der Waals surface area contributed by atoms with Gasteiger partial charge in [-0.1, -0.05) is 51.1 Å². The van der Waals surface area contributed by atoms with E-state index >= 15 is 0 Å². The zero-order valence-electron chi connectivity index (χ0n) is 11.9. The maximum absolute atomic E-state index is 10.1. The highest BCUT2D eigenvalue weighted by Crippen LogP contribution is 2.20. The first-order valence-corrected chi connectivity index (χ1v) is 6.68. The highest BCUT2D eigenvalue weighted by atomic mass is 16.3. The summed E-state index contributed by atoms with van der Waals surface area (Å²) in [6.45, 7) is 6.71. The molecular formula is C16H22N2O. The molecule has 0 unspecified atom stereocenters. The number of aliphatic hydroxyl groups is 1. The van der Waals surface area contributed by atoms with E-state index in [-0.39, 0.29) is 11.5 Å². The lowest BCUT2D eigenvalue weighted by molar-refractivity contribution is 0.0480. The number of aliphatic hydroxyl groups excluding tert-OH is 1. The van der Waals surface area contributed by atoms with Gasteiger partial charge >= 0.3 is 0 Å². The molecule has 0 fully saturated rings. The Hall–Kier alpha value is -1.61. The summed E-state index contributed by atoms with van der Waals surface area (Å²) in [5.74, 6) is 0. The van der Waals surface area contributed by atoms with Crippen molar-refractivity contribution in [2.24, 2.45) is 5.41 Å². The quantitative estimate of drug-likeness (QED) is 0.915. The number of hydrogen-bond donors (Lipinski definition) is 1. The second kappa shape index (κ2) is 5.57. The van der Waals surface area contributed by atoms with Crippen LogP contribution in [0.4, 0.5) is 0 Å². The molecule has 3 heteroatoms. The van der Waals surface area contributed by atoms with Crippen molar-refractivity contribution in [3.05, 3.63) is 54.1 Å². The molecule has 0 aliphatic rings. The van der Waals surface area contributed by atoms with Crippen LogP contribution >= 0.6 is 0 Å². The van der Waals surface area contributed by atoms with Crippen LogP contribution in [0.25, 0.3) is 0 Å². The smallest absolute Gasteiger partial charge is 0.0950 e. The monoisotopic (exact) mass is 258 g/mol. The molecule has 0 aliphatic heterocycles. The normalized spacial score (nSPS) is 13.5. The third-order valence-corrected chi connectivity index (χ3v) is 3.30. The average Bonchev–Trinajstić information content (AvgIpc) is 2.76. The lowest BCUT2D eigenvalue weighted by Gasteiger charge is -2.25. The lowest BCUT2D eigenvalue weighted by atomic mass is 9.89. The fourth-order valence-corrected chi connectivity index (χ4v) is 1.88. The van der Waals surface area contributed by atoms with E-state index in [2.05, 4.69) is 17.1 Å². The van der Waals surface area contributed by atoms with Crippen LogP contribution in [0.1, 0.15) is 32.0 Å². The predicted octanol–water partition coefficient (Wildman–Crippen LogP) is 2.88. The van der Waals surface area contributed by atoms with Crippen LogP contribution in [0.15, 0.2) is 42.9 Å². The van der Waals surface area contributed by atoms with E-state index in [1.165, 1.54) is 5.56 Å². The van der Waals surface area contributed by atoms with Crippen molar-refractivity contribution in [2.45, 2.75) is 39.8 Å². The molecule has 1 aromatic heterocycles. The van der Waals surface area contributed by atoms with Gasteiger partial charge in [-0.05, 0) is 11.0 Å². The number of hydrogen-bond acceptors (Lipinski definition) is 2. The van der Waals surface area contributed by atoms with Crippen LogP contribution in [0.5, 0.6) is 0 Å². The molecule has 0 saturated carbocycles. The molecule has 102 valence electrons. The summed E-state index contributed by atoms with van der Waals surface area (Å²) < 4.78 is 1.97. The van der Waals surface area contributed by atoms with Crippen molar-refractivity contribution in [2.75, 3.05) is 0 Å². The van der Waals surface area contributed by atoms with Gasteiger partial charge < -0.3 is 9.67 Å². The summed E-state index contributed by atoms with van der Waals surface area (Å²) in [6.07, 6.45) is 4.28. The van der Waals surface area contributed by atoms with E-state index in [9.17, 15) is 5.11 Å². The van der Waals surface area contributed by atoms with Gasteiger partial charge in [0.25, 0.3) is 0 Å². The molecule has 2 aromatic rings. The van der Waals surface area contributed by atoms with Crippen LogP contribution in [0.3, 0.4) is 0 Å². The summed E-state index contributed by atoms with van der Waals surface area (Å²) in [7, 11) is 0. The maximum atomic E-state index is 10.1. The largest absolute Gasteiger partial charge is 0.391 e. The molecule has 1 atom stereocenters. The van der Waals surface area contributed by atoms with Gasteiger partial charge in [0, 0.05) is 12.6 Å². The Bertz CT molecular complexity index is 511. The second-order valence-corrected chi connectivity index (χ2v) is 6.11. The van der Waals surface area contributed by atoms with Gasteiger partial charge in [0.05, 0.1) is 24.7 Å². The molecule has 1 heterocycles. The summed E-state index contributed by atoms with van der Waals surface area (Å²) in [4.78, 5) is 4.40. The molecule has 0 amide bonds. The molecule has 0 aliphatic carbocycles. The minimum absolute atomic E-state index is 0.107. The molecule has 0 radical (unpaired) electrons. The summed E-state index contributed by atoms with van der Waals surface area (Å²) in [6, 6.07) is 10.3.